The van der Waals surface area contributed by atoms with E-state index in [0.717, 1.165) is 0 Å². The van der Waals surface area contributed by atoms with Gasteiger partial charge in [0.2, 0.25) is 12.7 Å². The van der Waals surface area contributed by atoms with Crippen molar-refractivity contribution in [2.45, 2.75) is 12.8 Å². The molecule has 2 aliphatic heterocycles. The maximum atomic E-state index is 12.5. The molecule has 0 saturated heterocycles. The van der Waals surface area contributed by atoms with Gasteiger partial charge >= 0.3 is 5.63 Å². The molecule has 1 aromatic heterocycles. The van der Waals surface area contributed by atoms with Crippen molar-refractivity contribution in [3.05, 3.63) is 50.0 Å². The predicted octanol–water partition coefficient (Wildman–Crippen LogP) is 3.08. The zero-order valence-electron chi connectivity index (χ0n) is 13.0. The van der Waals surface area contributed by atoms with Gasteiger partial charge in [-0.3, -0.25) is 5.41 Å². The molecule has 1 aromatic carbocycles. The van der Waals surface area contributed by atoms with Crippen LogP contribution in [0.3, 0.4) is 0 Å². The Morgan fingerprint density at radius 3 is 2.68 bits per heavy atom. The number of hydrogen-bond donors (Lipinski definition) is 1. The predicted molar refractivity (Wildman–Crippen MR) is 89.3 cm³/mol. The number of nitrogens with zero attached hydrogens (tertiary/aromatic N) is 1. The number of nitrogens with one attached hydrogen (secondary N) is 1. The summed E-state index contributed by atoms with van der Waals surface area (Å²) in [7, 11) is 0. The molecule has 3 heterocycles. The average molecular weight is 403 g/mol. The van der Waals surface area contributed by atoms with Crippen LogP contribution in [0.1, 0.15) is 22.8 Å². The van der Waals surface area contributed by atoms with Crippen LogP contribution < -0.4 is 19.8 Å². The average Bonchev–Trinajstić information content (AvgIpc) is 2.99. The fourth-order valence-electron chi connectivity index (χ4n) is 3.10. The zero-order chi connectivity index (χ0) is 17.7. The minimum absolute atomic E-state index is 0.106. The molecule has 2 aliphatic rings. The highest BCUT2D eigenvalue weighted by Gasteiger charge is 2.41. The monoisotopic (exact) mass is 402 g/mol. The summed E-state index contributed by atoms with van der Waals surface area (Å²) in [6.45, 7) is 1.73. The summed E-state index contributed by atoms with van der Waals surface area (Å²) in [4.78, 5) is 12.5. The van der Waals surface area contributed by atoms with Gasteiger partial charge in [-0.15, -0.1) is 0 Å². The van der Waals surface area contributed by atoms with E-state index in [1.165, 1.54) is 0 Å². The van der Waals surface area contributed by atoms with E-state index in [4.69, 9.17) is 24.0 Å². The maximum absolute atomic E-state index is 12.5. The van der Waals surface area contributed by atoms with Crippen molar-refractivity contribution in [2.24, 2.45) is 5.92 Å². The Morgan fingerprint density at radius 1 is 1.24 bits per heavy atom. The van der Waals surface area contributed by atoms with Gasteiger partial charge in [-0.05, 0) is 24.6 Å². The second kappa shape index (κ2) is 5.63. The Bertz CT molecular complexity index is 1010. The van der Waals surface area contributed by atoms with Crippen LogP contribution in [0, 0.1) is 29.6 Å². The molecule has 7 nitrogen and oxygen atoms in total. The largest absolute Gasteiger partial charge is 0.454 e. The van der Waals surface area contributed by atoms with Gasteiger partial charge in [0, 0.05) is 16.5 Å². The number of nitriles is 1. The summed E-state index contributed by atoms with van der Waals surface area (Å²) in [5, 5.41) is 17.6. The molecule has 126 valence electrons. The molecule has 2 aromatic rings. The van der Waals surface area contributed by atoms with E-state index < -0.39 is 17.5 Å². The lowest BCUT2D eigenvalue weighted by atomic mass is 9.79. The third kappa shape index (κ3) is 2.39. The smallest absolute Gasteiger partial charge is 0.343 e. The van der Waals surface area contributed by atoms with E-state index in [-0.39, 0.29) is 24.0 Å². The maximum Gasteiger partial charge on any atom is 0.343 e. The number of ether oxygens (including phenoxy) is 3. The second-order valence-electron chi connectivity index (χ2n) is 5.70. The molecule has 0 bridgehead atoms. The lowest BCUT2D eigenvalue weighted by molar-refractivity contribution is 0.174. The normalized spacial score (nSPS) is 20.6. The summed E-state index contributed by atoms with van der Waals surface area (Å²) in [6.07, 6.45) is 0. The Labute approximate surface area is 150 Å². The van der Waals surface area contributed by atoms with Crippen LogP contribution in [-0.4, -0.2) is 12.7 Å². The molecule has 0 saturated carbocycles. The van der Waals surface area contributed by atoms with Crippen molar-refractivity contribution in [2.75, 3.05) is 6.79 Å². The van der Waals surface area contributed by atoms with Gasteiger partial charge in [0.1, 0.15) is 17.4 Å². The van der Waals surface area contributed by atoms with E-state index in [1.807, 2.05) is 0 Å². The fraction of sp³-hybridized carbons (Fsp3) is 0.235. The standard InChI is InChI=1S/C17H11BrN2O5/c1-7-2-13-15(17(21)24-7)14(9(5-19)16(20)25-13)8-3-11-12(4-10(8)18)23-6-22-11/h2-4,9,14,20H,6H2,1H3. The van der Waals surface area contributed by atoms with Crippen molar-refractivity contribution in [3.8, 4) is 23.3 Å². The van der Waals surface area contributed by atoms with Gasteiger partial charge < -0.3 is 18.6 Å². The molecule has 25 heavy (non-hydrogen) atoms. The zero-order valence-corrected chi connectivity index (χ0v) is 14.5. The third-order valence-electron chi connectivity index (χ3n) is 4.19. The minimum Gasteiger partial charge on any atom is -0.454 e. The Balaban J connectivity index is 1.99. The first kappa shape index (κ1) is 15.7. The van der Waals surface area contributed by atoms with Crippen LogP contribution in [0.5, 0.6) is 17.2 Å². The molecule has 2 unspecified atom stereocenters. The number of halogens is 1. The summed E-state index contributed by atoms with van der Waals surface area (Å²) >= 11 is 3.46. The first-order valence-electron chi connectivity index (χ1n) is 7.39. The topological polar surface area (TPSA) is 106 Å². The molecule has 1 N–H and O–H groups in total. The van der Waals surface area contributed by atoms with Crippen LogP contribution in [-0.2, 0) is 0 Å². The first-order valence-corrected chi connectivity index (χ1v) is 8.18. The Kier molecular flexibility index (Phi) is 3.54. The van der Waals surface area contributed by atoms with Crippen LogP contribution >= 0.6 is 15.9 Å². The number of aryl methyl sites for hydroxylation is 1. The number of hydrogen-bond acceptors (Lipinski definition) is 7. The van der Waals surface area contributed by atoms with Gasteiger partial charge in [0.05, 0.1) is 11.6 Å². The molecule has 0 aliphatic carbocycles. The number of fused-ring (bicyclic) bond motifs is 2. The number of rotatable bonds is 1. The Hall–Kier alpha value is -2.79. The molecule has 4 rings (SSSR count). The van der Waals surface area contributed by atoms with E-state index >= 15 is 0 Å². The van der Waals surface area contributed by atoms with Crippen molar-refractivity contribution in [1.82, 2.24) is 0 Å². The molecular weight excluding hydrogens is 392 g/mol. The highest BCUT2D eigenvalue weighted by atomic mass is 79.9. The lowest BCUT2D eigenvalue weighted by Crippen LogP contribution is -2.34. The fourth-order valence-corrected chi connectivity index (χ4v) is 3.67. The van der Waals surface area contributed by atoms with E-state index in [9.17, 15) is 10.1 Å². The molecular formula is C17H11BrN2O5. The third-order valence-corrected chi connectivity index (χ3v) is 4.87. The molecule has 0 radical (unpaired) electrons. The molecule has 8 heteroatoms. The van der Waals surface area contributed by atoms with Crippen LogP contribution in [0.25, 0.3) is 0 Å². The van der Waals surface area contributed by atoms with Crippen molar-refractivity contribution in [1.29, 1.82) is 10.7 Å². The van der Waals surface area contributed by atoms with Gasteiger partial charge in [0.25, 0.3) is 0 Å². The van der Waals surface area contributed by atoms with Crippen LogP contribution in [0.2, 0.25) is 0 Å². The highest BCUT2D eigenvalue weighted by Crippen LogP contribution is 2.46. The summed E-state index contributed by atoms with van der Waals surface area (Å²) in [6, 6.07) is 7.04. The van der Waals surface area contributed by atoms with Gasteiger partial charge in [0.15, 0.2) is 11.5 Å². The molecule has 0 spiro atoms. The lowest BCUT2D eigenvalue weighted by Gasteiger charge is -2.29. The summed E-state index contributed by atoms with van der Waals surface area (Å²) < 4.78 is 22.0. The Morgan fingerprint density at radius 2 is 1.96 bits per heavy atom. The van der Waals surface area contributed by atoms with E-state index in [0.29, 0.717) is 27.3 Å². The number of benzene rings is 1. The van der Waals surface area contributed by atoms with Crippen molar-refractivity contribution < 1.29 is 18.6 Å². The van der Waals surface area contributed by atoms with Gasteiger partial charge in [-0.1, -0.05) is 15.9 Å². The van der Waals surface area contributed by atoms with Crippen molar-refractivity contribution >= 4 is 21.8 Å². The summed E-state index contributed by atoms with van der Waals surface area (Å²) in [5.41, 5.74) is 0.256. The molecule has 2 atom stereocenters. The van der Waals surface area contributed by atoms with Crippen LogP contribution in [0.15, 0.2) is 31.9 Å². The second-order valence-corrected chi connectivity index (χ2v) is 6.55. The molecule has 0 fully saturated rings. The highest BCUT2D eigenvalue weighted by molar-refractivity contribution is 9.10. The van der Waals surface area contributed by atoms with Gasteiger partial charge in [-0.2, -0.15) is 5.26 Å². The van der Waals surface area contributed by atoms with Crippen molar-refractivity contribution in [3.63, 3.8) is 0 Å². The van der Waals surface area contributed by atoms with Gasteiger partial charge in [-0.25, -0.2) is 4.79 Å². The van der Waals surface area contributed by atoms with E-state index in [1.54, 1.807) is 25.1 Å². The van der Waals surface area contributed by atoms with E-state index in [2.05, 4.69) is 22.0 Å². The van der Waals surface area contributed by atoms with Crippen LogP contribution in [0.4, 0.5) is 0 Å². The SMILES string of the molecule is Cc1cc2c(c(=O)o1)C(c1cc3c(cc1Br)OCO3)C(C#N)C(=N)O2. The minimum atomic E-state index is -0.963. The quantitative estimate of drug-likeness (QED) is 0.785. The first-order chi connectivity index (χ1) is 12.0. The molecule has 0 amide bonds. The summed E-state index contributed by atoms with van der Waals surface area (Å²) in [5.74, 6) is -0.199.